The van der Waals surface area contributed by atoms with Gasteiger partial charge in [0.1, 0.15) is 0 Å². The maximum Gasteiger partial charge on any atom is 0.312 e. The van der Waals surface area contributed by atoms with Crippen LogP contribution >= 0.6 is 0 Å². The second kappa shape index (κ2) is 7.74. The van der Waals surface area contributed by atoms with E-state index in [-0.39, 0.29) is 5.97 Å². The molecule has 4 heteroatoms. The second-order valence-corrected chi connectivity index (χ2v) is 5.56. The zero-order chi connectivity index (χ0) is 13.4. The molecule has 0 aromatic rings. The van der Waals surface area contributed by atoms with E-state index in [4.69, 9.17) is 15.2 Å². The minimum Gasteiger partial charge on any atom is -0.469 e. The molecule has 106 valence electrons. The van der Waals surface area contributed by atoms with Crippen molar-refractivity contribution in [3.8, 4) is 0 Å². The lowest BCUT2D eigenvalue weighted by Gasteiger charge is -2.25. The van der Waals surface area contributed by atoms with Crippen LogP contribution in [0.25, 0.3) is 0 Å². The lowest BCUT2D eigenvalue weighted by atomic mass is 9.83. The van der Waals surface area contributed by atoms with Crippen molar-refractivity contribution in [1.82, 2.24) is 0 Å². The molecule has 2 N–H and O–H groups in total. The van der Waals surface area contributed by atoms with Crippen LogP contribution in [0.3, 0.4) is 0 Å². The Bertz CT molecular complexity index is 251. The van der Waals surface area contributed by atoms with Gasteiger partial charge in [0.2, 0.25) is 0 Å². The number of methoxy groups -OCH3 is 1. The lowest BCUT2D eigenvalue weighted by Crippen LogP contribution is -2.36. The molecule has 4 nitrogen and oxygen atoms in total. The van der Waals surface area contributed by atoms with Crippen LogP contribution in [0, 0.1) is 11.3 Å². The third kappa shape index (κ3) is 4.58. The zero-order valence-electron chi connectivity index (χ0n) is 11.7. The Hall–Kier alpha value is -0.610. The van der Waals surface area contributed by atoms with E-state index >= 15 is 0 Å². The van der Waals surface area contributed by atoms with Crippen molar-refractivity contribution in [3.63, 3.8) is 0 Å². The van der Waals surface area contributed by atoms with Crippen LogP contribution in [0.4, 0.5) is 0 Å². The Labute approximate surface area is 110 Å². The van der Waals surface area contributed by atoms with E-state index in [2.05, 4.69) is 0 Å². The van der Waals surface area contributed by atoms with E-state index in [1.807, 2.05) is 6.92 Å². The van der Waals surface area contributed by atoms with Gasteiger partial charge in [-0.15, -0.1) is 0 Å². The summed E-state index contributed by atoms with van der Waals surface area (Å²) in [6.45, 7) is 4.07. The summed E-state index contributed by atoms with van der Waals surface area (Å²) in [5.41, 5.74) is 5.18. The van der Waals surface area contributed by atoms with Crippen LogP contribution in [0.1, 0.15) is 45.4 Å². The predicted octanol–water partition coefficient (Wildman–Crippen LogP) is 2.11. The van der Waals surface area contributed by atoms with Crippen LogP contribution in [0.5, 0.6) is 0 Å². The minimum absolute atomic E-state index is 0.184. The summed E-state index contributed by atoms with van der Waals surface area (Å²) in [6.07, 6.45) is 6.64. The molecule has 1 unspecified atom stereocenters. The fraction of sp³-hybridized carbons (Fsp3) is 0.929. The maximum atomic E-state index is 11.6. The van der Waals surface area contributed by atoms with Gasteiger partial charge in [0.05, 0.1) is 12.5 Å². The molecule has 0 spiro atoms. The number of carbonyl (C=O) groups is 1. The van der Waals surface area contributed by atoms with E-state index < -0.39 is 5.41 Å². The van der Waals surface area contributed by atoms with Crippen molar-refractivity contribution in [2.75, 3.05) is 26.9 Å². The molecule has 0 bridgehead atoms. The molecule has 0 aromatic carbocycles. The van der Waals surface area contributed by atoms with Gasteiger partial charge in [-0.2, -0.15) is 0 Å². The molecule has 1 aliphatic heterocycles. The Morgan fingerprint density at radius 3 is 2.61 bits per heavy atom. The normalized spacial score (nSPS) is 20.4. The number of esters is 1. The van der Waals surface area contributed by atoms with E-state index in [0.29, 0.717) is 6.54 Å². The highest BCUT2D eigenvalue weighted by Gasteiger charge is 2.32. The van der Waals surface area contributed by atoms with Crippen molar-refractivity contribution < 1.29 is 14.3 Å². The molecule has 1 fully saturated rings. The smallest absolute Gasteiger partial charge is 0.312 e. The molecule has 0 saturated carbocycles. The van der Waals surface area contributed by atoms with Crippen LogP contribution in [0.2, 0.25) is 0 Å². The molecule has 1 heterocycles. The minimum atomic E-state index is -0.509. The Kier molecular flexibility index (Phi) is 6.65. The third-order valence-corrected chi connectivity index (χ3v) is 4.06. The number of ether oxygens (including phenoxy) is 2. The molecular formula is C14H27NO3. The summed E-state index contributed by atoms with van der Waals surface area (Å²) in [5, 5.41) is 0. The van der Waals surface area contributed by atoms with Gasteiger partial charge in [0.25, 0.3) is 0 Å². The summed E-state index contributed by atoms with van der Waals surface area (Å²) in [6, 6.07) is 0. The zero-order valence-corrected chi connectivity index (χ0v) is 11.7. The van der Waals surface area contributed by atoms with Gasteiger partial charge in [-0.3, -0.25) is 4.79 Å². The second-order valence-electron chi connectivity index (χ2n) is 5.56. The molecular weight excluding hydrogens is 230 g/mol. The molecule has 0 aliphatic carbocycles. The van der Waals surface area contributed by atoms with Crippen LogP contribution in [-0.4, -0.2) is 32.8 Å². The first kappa shape index (κ1) is 15.4. The Morgan fingerprint density at radius 2 is 2.06 bits per heavy atom. The van der Waals surface area contributed by atoms with E-state index in [0.717, 1.165) is 38.4 Å². The first-order chi connectivity index (χ1) is 8.62. The first-order valence-corrected chi connectivity index (χ1v) is 6.98. The monoisotopic (exact) mass is 257 g/mol. The average molecular weight is 257 g/mol. The average Bonchev–Trinajstić information content (AvgIpc) is 2.43. The van der Waals surface area contributed by atoms with E-state index in [1.165, 1.54) is 26.4 Å². The van der Waals surface area contributed by atoms with Crippen molar-refractivity contribution >= 4 is 5.97 Å². The Morgan fingerprint density at radius 1 is 1.39 bits per heavy atom. The number of rotatable bonds is 7. The molecule has 0 radical (unpaired) electrons. The molecule has 1 saturated heterocycles. The first-order valence-electron chi connectivity index (χ1n) is 6.98. The fourth-order valence-electron chi connectivity index (χ4n) is 2.52. The van der Waals surface area contributed by atoms with E-state index in [9.17, 15) is 4.79 Å². The summed E-state index contributed by atoms with van der Waals surface area (Å²) in [7, 11) is 1.43. The number of carbonyl (C=O) groups excluding carboxylic acids is 1. The fourth-order valence-corrected chi connectivity index (χ4v) is 2.52. The summed E-state index contributed by atoms with van der Waals surface area (Å²) >= 11 is 0. The predicted molar refractivity (Wildman–Crippen MR) is 71.2 cm³/mol. The van der Waals surface area contributed by atoms with Crippen molar-refractivity contribution in [3.05, 3.63) is 0 Å². The van der Waals surface area contributed by atoms with Crippen molar-refractivity contribution in [1.29, 1.82) is 0 Å². The molecule has 1 rings (SSSR count). The van der Waals surface area contributed by atoms with Gasteiger partial charge < -0.3 is 15.2 Å². The standard InChI is InChI=1S/C14H27NO3/c1-14(11-15,13(16)17-2)8-4-3-5-12-6-9-18-10-7-12/h12H,3-11,15H2,1-2H3. The third-order valence-electron chi connectivity index (χ3n) is 4.06. The van der Waals surface area contributed by atoms with Crippen LogP contribution < -0.4 is 5.73 Å². The number of hydrogen-bond donors (Lipinski definition) is 1. The number of hydrogen-bond acceptors (Lipinski definition) is 4. The van der Waals surface area contributed by atoms with Gasteiger partial charge in [0, 0.05) is 19.8 Å². The summed E-state index contributed by atoms with van der Waals surface area (Å²) < 4.78 is 10.2. The highest BCUT2D eigenvalue weighted by molar-refractivity contribution is 5.76. The molecule has 18 heavy (non-hydrogen) atoms. The SMILES string of the molecule is COC(=O)C(C)(CN)CCCCC1CCOCC1. The van der Waals surface area contributed by atoms with Gasteiger partial charge in [-0.1, -0.05) is 19.3 Å². The van der Waals surface area contributed by atoms with Gasteiger partial charge in [-0.25, -0.2) is 0 Å². The quantitative estimate of drug-likeness (QED) is 0.560. The van der Waals surface area contributed by atoms with Crippen LogP contribution in [0.15, 0.2) is 0 Å². The Balaban J connectivity index is 2.20. The van der Waals surface area contributed by atoms with Gasteiger partial charge >= 0.3 is 5.97 Å². The molecule has 0 amide bonds. The highest BCUT2D eigenvalue weighted by atomic mass is 16.5. The molecule has 1 atom stereocenters. The van der Waals surface area contributed by atoms with Crippen molar-refractivity contribution in [2.45, 2.75) is 45.4 Å². The lowest BCUT2D eigenvalue weighted by molar-refractivity contribution is -0.151. The molecule has 1 aliphatic rings. The number of nitrogens with two attached hydrogens (primary N) is 1. The number of unbranched alkanes of at least 4 members (excludes halogenated alkanes) is 1. The maximum absolute atomic E-state index is 11.6. The highest BCUT2D eigenvalue weighted by Crippen LogP contribution is 2.27. The largest absolute Gasteiger partial charge is 0.469 e. The summed E-state index contributed by atoms with van der Waals surface area (Å²) in [4.78, 5) is 11.6. The molecule has 0 aromatic heterocycles. The topological polar surface area (TPSA) is 61.5 Å². The van der Waals surface area contributed by atoms with Gasteiger partial charge in [-0.05, 0) is 32.1 Å². The van der Waals surface area contributed by atoms with Crippen LogP contribution in [-0.2, 0) is 14.3 Å². The van der Waals surface area contributed by atoms with Gasteiger partial charge in [0.15, 0.2) is 0 Å². The summed E-state index contributed by atoms with van der Waals surface area (Å²) in [5.74, 6) is 0.622. The van der Waals surface area contributed by atoms with Crippen molar-refractivity contribution in [2.24, 2.45) is 17.1 Å². The van der Waals surface area contributed by atoms with E-state index in [1.54, 1.807) is 0 Å².